The van der Waals surface area contributed by atoms with E-state index in [1.165, 1.54) is 6.42 Å². The van der Waals surface area contributed by atoms with Crippen molar-refractivity contribution in [1.82, 2.24) is 5.32 Å². The van der Waals surface area contributed by atoms with E-state index >= 15 is 0 Å². The van der Waals surface area contributed by atoms with E-state index in [4.69, 9.17) is 10.5 Å². The first-order valence-corrected chi connectivity index (χ1v) is 10.9. The lowest BCUT2D eigenvalue weighted by Gasteiger charge is -2.36. The Hall–Kier alpha value is -1.88. The van der Waals surface area contributed by atoms with Gasteiger partial charge in [-0.3, -0.25) is 9.59 Å². The molecule has 4 atom stereocenters. The van der Waals surface area contributed by atoms with Gasteiger partial charge >= 0.3 is 5.97 Å². The topological polar surface area (TPSA) is 81.4 Å². The first-order valence-electron chi connectivity index (χ1n) is 10.9. The van der Waals surface area contributed by atoms with Crippen molar-refractivity contribution < 1.29 is 14.3 Å². The maximum absolute atomic E-state index is 13.1. The van der Waals surface area contributed by atoms with E-state index in [9.17, 15) is 9.59 Å². The zero-order valence-corrected chi connectivity index (χ0v) is 18.6. The molecule has 0 aromatic heterocycles. The smallest absolute Gasteiger partial charge is 0.315 e. The lowest BCUT2D eigenvalue weighted by molar-refractivity contribution is -0.147. The Kier molecular flexibility index (Phi) is 8.26. The number of amides is 1. The molecule has 1 saturated carbocycles. The molecule has 1 aliphatic rings. The van der Waals surface area contributed by atoms with Crippen LogP contribution < -0.4 is 11.1 Å². The predicted octanol–water partition coefficient (Wildman–Crippen LogP) is 3.88. The van der Waals surface area contributed by atoms with E-state index in [0.29, 0.717) is 17.8 Å². The molecule has 5 heteroatoms. The standard InChI is InChI=1S/C24H38N2O3/c1-16(2)19-12-11-17(3)13-20(19)22(27)26-14-21(18-9-7-6-8-10-18)23(28)29-15-24(4,5)25/h6-10,16-17,19-21H,11-15,25H2,1-5H3,(H,26,27)/t17-,19+,20-,21?/m1/s1. The van der Waals surface area contributed by atoms with Crippen LogP contribution in [0.5, 0.6) is 0 Å². The van der Waals surface area contributed by atoms with Gasteiger partial charge in [-0.05, 0) is 50.0 Å². The SMILES string of the molecule is CC(C)[C@@H]1CC[C@@H](C)C[C@H]1C(=O)NCC(C(=O)OCC(C)(C)N)c1ccccc1. The summed E-state index contributed by atoms with van der Waals surface area (Å²) in [4.78, 5) is 25.8. The van der Waals surface area contributed by atoms with Crippen molar-refractivity contribution in [3.8, 4) is 0 Å². The molecule has 2 rings (SSSR count). The Labute approximate surface area is 175 Å². The minimum absolute atomic E-state index is 0.00849. The van der Waals surface area contributed by atoms with Crippen LogP contribution in [0.15, 0.2) is 30.3 Å². The van der Waals surface area contributed by atoms with Gasteiger partial charge in [-0.2, -0.15) is 0 Å². The molecular weight excluding hydrogens is 364 g/mol. The number of nitrogens with one attached hydrogen (secondary N) is 1. The number of ether oxygens (including phenoxy) is 1. The molecule has 0 heterocycles. The second-order valence-electron chi connectivity index (χ2n) is 9.74. The zero-order valence-electron chi connectivity index (χ0n) is 18.6. The summed E-state index contributed by atoms with van der Waals surface area (Å²) in [5.41, 5.74) is 6.20. The highest BCUT2D eigenvalue weighted by Crippen LogP contribution is 2.38. The van der Waals surface area contributed by atoms with E-state index < -0.39 is 11.5 Å². The number of hydrogen-bond donors (Lipinski definition) is 2. The molecule has 5 nitrogen and oxygen atoms in total. The van der Waals surface area contributed by atoms with E-state index in [-0.39, 0.29) is 30.9 Å². The maximum Gasteiger partial charge on any atom is 0.315 e. The molecule has 0 saturated heterocycles. The van der Waals surface area contributed by atoms with Crippen LogP contribution in [0.2, 0.25) is 0 Å². The molecule has 0 bridgehead atoms. The summed E-state index contributed by atoms with van der Waals surface area (Å²) >= 11 is 0. The van der Waals surface area contributed by atoms with Gasteiger partial charge in [0.05, 0.1) is 5.92 Å². The quantitative estimate of drug-likeness (QED) is 0.647. The largest absolute Gasteiger partial charge is 0.463 e. The van der Waals surface area contributed by atoms with Crippen LogP contribution in [0.25, 0.3) is 0 Å². The molecule has 0 radical (unpaired) electrons. The molecule has 1 aliphatic carbocycles. The second kappa shape index (κ2) is 10.2. The Morgan fingerprint density at radius 1 is 1.21 bits per heavy atom. The minimum Gasteiger partial charge on any atom is -0.463 e. The van der Waals surface area contributed by atoms with Crippen LogP contribution in [0, 0.1) is 23.7 Å². The Bertz CT molecular complexity index is 666. The third-order valence-electron chi connectivity index (χ3n) is 5.91. The summed E-state index contributed by atoms with van der Waals surface area (Å²) in [5, 5.41) is 3.06. The highest BCUT2D eigenvalue weighted by molar-refractivity contribution is 5.82. The summed E-state index contributed by atoms with van der Waals surface area (Å²) in [5.74, 6) is 0.597. The van der Waals surface area contributed by atoms with Crippen molar-refractivity contribution in [2.24, 2.45) is 29.4 Å². The molecule has 1 unspecified atom stereocenters. The van der Waals surface area contributed by atoms with Gasteiger partial charge in [-0.1, -0.05) is 57.5 Å². The fraction of sp³-hybridized carbons (Fsp3) is 0.667. The van der Waals surface area contributed by atoms with Crippen LogP contribution >= 0.6 is 0 Å². The summed E-state index contributed by atoms with van der Waals surface area (Å²) in [6.07, 6.45) is 3.18. The number of hydrogen-bond acceptors (Lipinski definition) is 4. The van der Waals surface area contributed by atoms with Crippen molar-refractivity contribution >= 4 is 11.9 Å². The zero-order chi connectivity index (χ0) is 21.6. The number of esters is 1. The van der Waals surface area contributed by atoms with E-state index in [1.807, 2.05) is 44.2 Å². The molecule has 1 aromatic rings. The van der Waals surface area contributed by atoms with E-state index in [2.05, 4.69) is 26.1 Å². The van der Waals surface area contributed by atoms with Crippen LogP contribution in [0.4, 0.5) is 0 Å². The van der Waals surface area contributed by atoms with Crippen LogP contribution in [-0.4, -0.2) is 30.6 Å². The van der Waals surface area contributed by atoms with Gasteiger partial charge < -0.3 is 15.8 Å². The van der Waals surface area contributed by atoms with Gasteiger partial charge in [-0.25, -0.2) is 0 Å². The van der Waals surface area contributed by atoms with Gasteiger partial charge in [0.15, 0.2) is 0 Å². The molecule has 1 aromatic carbocycles. The van der Waals surface area contributed by atoms with Crippen molar-refractivity contribution in [2.45, 2.75) is 65.3 Å². The van der Waals surface area contributed by atoms with Gasteiger partial charge in [0.2, 0.25) is 5.91 Å². The van der Waals surface area contributed by atoms with Crippen LogP contribution in [-0.2, 0) is 14.3 Å². The lowest BCUT2D eigenvalue weighted by atomic mass is 9.70. The molecule has 1 amide bonds. The predicted molar refractivity (Wildman–Crippen MR) is 116 cm³/mol. The van der Waals surface area contributed by atoms with E-state index in [1.54, 1.807) is 0 Å². The van der Waals surface area contributed by atoms with Crippen LogP contribution in [0.3, 0.4) is 0 Å². The highest BCUT2D eigenvalue weighted by Gasteiger charge is 2.36. The second-order valence-corrected chi connectivity index (χ2v) is 9.74. The van der Waals surface area contributed by atoms with Crippen molar-refractivity contribution in [3.63, 3.8) is 0 Å². The highest BCUT2D eigenvalue weighted by atomic mass is 16.5. The summed E-state index contributed by atoms with van der Waals surface area (Å²) in [6.45, 7) is 10.6. The number of carbonyl (C=O) groups excluding carboxylic acids is 2. The number of rotatable bonds is 8. The summed E-state index contributed by atoms with van der Waals surface area (Å²) < 4.78 is 5.46. The Morgan fingerprint density at radius 3 is 2.45 bits per heavy atom. The first-order chi connectivity index (χ1) is 13.6. The summed E-state index contributed by atoms with van der Waals surface area (Å²) in [6, 6.07) is 9.48. The van der Waals surface area contributed by atoms with Gasteiger partial charge in [0.25, 0.3) is 0 Å². The molecule has 29 heavy (non-hydrogen) atoms. The normalized spacial score (nSPS) is 23.5. The van der Waals surface area contributed by atoms with E-state index in [0.717, 1.165) is 18.4 Å². The Morgan fingerprint density at radius 2 is 1.86 bits per heavy atom. The first kappa shape index (κ1) is 23.4. The molecule has 1 fully saturated rings. The number of nitrogens with two attached hydrogens (primary N) is 1. The maximum atomic E-state index is 13.1. The lowest BCUT2D eigenvalue weighted by Crippen LogP contribution is -2.43. The third-order valence-corrected chi connectivity index (χ3v) is 5.91. The van der Waals surface area contributed by atoms with Crippen molar-refractivity contribution in [1.29, 1.82) is 0 Å². The molecule has 0 spiro atoms. The van der Waals surface area contributed by atoms with Crippen LogP contribution in [0.1, 0.15) is 65.4 Å². The molecule has 3 N–H and O–H groups in total. The van der Waals surface area contributed by atoms with Crippen molar-refractivity contribution in [2.75, 3.05) is 13.2 Å². The van der Waals surface area contributed by atoms with Crippen molar-refractivity contribution in [3.05, 3.63) is 35.9 Å². The van der Waals surface area contributed by atoms with Gasteiger partial charge in [-0.15, -0.1) is 0 Å². The van der Waals surface area contributed by atoms with Gasteiger partial charge in [0, 0.05) is 18.0 Å². The molecule has 162 valence electrons. The fourth-order valence-corrected chi connectivity index (χ4v) is 4.22. The number of benzene rings is 1. The fourth-order valence-electron chi connectivity index (χ4n) is 4.22. The van der Waals surface area contributed by atoms with Gasteiger partial charge in [0.1, 0.15) is 6.61 Å². The summed E-state index contributed by atoms with van der Waals surface area (Å²) in [7, 11) is 0. The Balaban J connectivity index is 2.08. The third kappa shape index (κ3) is 7.14. The monoisotopic (exact) mass is 402 g/mol. The molecule has 0 aliphatic heterocycles. The average molecular weight is 403 g/mol. The number of carbonyl (C=O) groups is 2. The average Bonchev–Trinajstić information content (AvgIpc) is 2.66. The minimum atomic E-state index is -0.594. The molecular formula is C24H38N2O3.